The Balaban J connectivity index is 2.45. The number of carbonyl (C=O) groups excluding carboxylic acids is 1. The van der Waals surface area contributed by atoms with E-state index in [0.29, 0.717) is 13.0 Å². The van der Waals surface area contributed by atoms with E-state index in [-0.39, 0.29) is 5.91 Å². The van der Waals surface area contributed by atoms with Gasteiger partial charge in [0.25, 0.3) is 0 Å². The molecule has 100 valence electrons. The molecule has 1 aromatic carbocycles. The monoisotopic (exact) mass is 250 g/mol. The highest BCUT2D eigenvalue weighted by atomic mass is 16.5. The van der Waals surface area contributed by atoms with Crippen molar-refractivity contribution in [3.8, 4) is 5.75 Å². The van der Waals surface area contributed by atoms with Gasteiger partial charge in [-0.25, -0.2) is 0 Å². The first-order valence-corrected chi connectivity index (χ1v) is 6.31. The molecule has 0 radical (unpaired) electrons. The second-order valence-corrected chi connectivity index (χ2v) is 4.53. The van der Waals surface area contributed by atoms with E-state index in [9.17, 15) is 4.79 Å². The van der Waals surface area contributed by atoms with Gasteiger partial charge >= 0.3 is 0 Å². The van der Waals surface area contributed by atoms with Gasteiger partial charge in [-0.05, 0) is 32.0 Å². The summed E-state index contributed by atoms with van der Waals surface area (Å²) >= 11 is 0. The fourth-order valence-electron chi connectivity index (χ4n) is 1.59. The molecule has 0 bridgehead atoms. The molecule has 4 heteroatoms. The Bertz CT molecular complexity index is 367. The topological polar surface area (TPSA) is 64.3 Å². The fraction of sp³-hybridized carbons (Fsp3) is 0.500. The minimum Gasteiger partial charge on any atom is -0.494 e. The van der Waals surface area contributed by atoms with Gasteiger partial charge < -0.3 is 15.8 Å². The maximum atomic E-state index is 11.5. The summed E-state index contributed by atoms with van der Waals surface area (Å²) in [6, 6.07) is 9.54. The molecule has 0 aromatic heterocycles. The Morgan fingerprint density at radius 2 is 2.06 bits per heavy atom. The number of carbonyl (C=O) groups is 1. The lowest BCUT2D eigenvalue weighted by Crippen LogP contribution is -2.54. The normalized spacial score (nSPS) is 13.9. The number of ether oxygens (including phenoxy) is 1. The Labute approximate surface area is 109 Å². The second kappa shape index (κ2) is 7.01. The van der Waals surface area contributed by atoms with Crippen molar-refractivity contribution in [3.05, 3.63) is 30.3 Å². The quantitative estimate of drug-likeness (QED) is 0.738. The second-order valence-electron chi connectivity index (χ2n) is 4.53. The Kier molecular flexibility index (Phi) is 5.65. The van der Waals surface area contributed by atoms with Crippen LogP contribution in [-0.2, 0) is 4.79 Å². The zero-order chi connectivity index (χ0) is 13.4. The molecule has 0 fully saturated rings. The lowest BCUT2D eigenvalue weighted by molar-refractivity contribution is -0.124. The standard InChI is InChI=1S/C14H22N2O2/c1-3-10-16-14(2,13(15)17)9-11-18-12-7-5-4-6-8-12/h4-8,16H,3,9-11H2,1-2H3,(H2,15,17). The molecule has 1 rings (SSSR count). The van der Waals surface area contributed by atoms with E-state index in [1.807, 2.05) is 37.3 Å². The van der Waals surface area contributed by atoms with Gasteiger partial charge in [-0.15, -0.1) is 0 Å². The Morgan fingerprint density at radius 3 is 2.61 bits per heavy atom. The number of benzene rings is 1. The third-order valence-electron chi connectivity index (χ3n) is 2.92. The maximum absolute atomic E-state index is 11.5. The van der Waals surface area contributed by atoms with Gasteiger partial charge in [0.15, 0.2) is 0 Å². The first-order chi connectivity index (χ1) is 8.58. The Morgan fingerprint density at radius 1 is 1.39 bits per heavy atom. The molecule has 4 nitrogen and oxygen atoms in total. The summed E-state index contributed by atoms with van der Waals surface area (Å²) in [4.78, 5) is 11.5. The van der Waals surface area contributed by atoms with Crippen LogP contribution in [0.15, 0.2) is 30.3 Å². The molecule has 3 N–H and O–H groups in total. The predicted molar refractivity (Wildman–Crippen MR) is 72.4 cm³/mol. The van der Waals surface area contributed by atoms with E-state index in [4.69, 9.17) is 10.5 Å². The van der Waals surface area contributed by atoms with E-state index in [0.717, 1.165) is 18.7 Å². The van der Waals surface area contributed by atoms with Crippen molar-refractivity contribution in [3.63, 3.8) is 0 Å². The van der Waals surface area contributed by atoms with Crippen molar-refractivity contribution in [2.45, 2.75) is 32.2 Å². The number of nitrogens with two attached hydrogens (primary N) is 1. The van der Waals surface area contributed by atoms with Crippen molar-refractivity contribution in [2.75, 3.05) is 13.2 Å². The molecular weight excluding hydrogens is 228 g/mol. The van der Waals surface area contributed by atoms with Gasteiger partial charge in [0, 0.05) is 6.42 Å². The van der Waals surface area contributed by atoms with Gasteiger partial charge in [-0.2, -0.15) is 0 Å². The van der Waals surface area contributed by atoms with E-state index in [1.165, 1.54) is 0 Å². The SMILES string of the molecule is CCCNC(C)(CCOc1ccccc1)C(N)=O. The van der Waals surface area contributed by atoms with Gasteiger partial charge in [0.05, 0.1) is 12.1 Å². The van der Waals surface area contributed by atoms with Crippen LogP contribution >= 0.6 is 0 Å². The third-order valence-corrected chi connectivity index (χ3v) is 2.92. The number of para-hydroxylation sites is 1. The molecule has 1 atom stereocenters. The molecule has 0 saturated carbocycles. The number of rotatable bonds is 8. The van der Waals surface area contributed by atoms with Crippen LogP contribution in [0.4, 0.5) is 0 Å². The van der Waals surface area contributed by atoms with Crippen molar-refractivity contribution in [1.82, 2.24) is 5.32 Å². The summed E-state index contributed by atoms with van der Waals surface area (Å²) in [5.74, 6) is 0.465. The summed E-state index contributed by atoms with van der Waals surface area (Å²) in [5.41, 5.74) is 4.73. The number of primary amides is 1. The number of amides is 1. The van der Waals surface area contributed by atoms with E-state index in [2.05, 4.69) is 12.2 Å². The molecule has 1 unspecified atom stereocenters. The van der Waals surface area contributed by atoms with Gasteiger partial charge in [-0.1, -0.05) is 25.1 Å². The van der Waals surface area contributed by atoms with E-state index < -0.39 is 5.54 Å². The minimum absolute atomic E-state index is 0.340. The van der Waals surface area contributed by atoms with Crippen LogP contribution < -0.4 is 15.8 Å². The van der Waals surface area contributed by atoms with Crippen LogP contribution in [0.2, 0.25) is 0 Å². The molecule has 0 aliphatic heterocycles. The maximum Gasteiger partial charge on any atom is 0.237 e. The van der Waals surface area contributed by atoms with Crippen LogP contribution in [0.1, 0.15) is 26.7 Å². The average Bonchev–Trinajstić information content (AvgIpc) is 2.37. The van der Waals surface area contributed by atoms with Crippen LogP contribution in [-0.4, -0.2) is 24.6 Å². The van der Waals surface area contributed by atoms with Crippen LogP contribution in [0, 0.1) is 0 Å². The highest BCUT2D eigenvalue weighted by molar-refractivity contribution is 5.84. The minimum atomic E-state index is -0.704. The lowest BCUT2D eigenvalue weighted by Gasteiger charge is -2.27. The Hall–Kier alpha value is -1.55. The highest BCUT2D eigenvalue weighted by Crippen LogP contribution is 2.13. The summed E-state index contributed by atoms with van der Waals surface area (Å²) in [5, 5.41) is 3.18. The molecule has 18 heavy (non-hydrogen) atoms. The fourth-order valence-corrected chi connectivity index (χ4v) is 1.59. The molecule has 0 spiro atoms. The molecule has 0 aliphatic rings. The molecule has 1 amide bonds. The summed E-state index contributed by atoms with van der Waals surface area (Å²) in [6.07, 6.45) is 1.51. The first kappa shape index (κ1) is 14.5. The molecule has 0 saturated heterocycles. The number of nitrogens with one attached hydrogen (secondary N) is 1. The molecular formula is C14H22N2O2. The van der Waals surface area contributed by atoms with Crippen molar-refractivity contribution < 1.29 is 9.53 Å². The van der Waals surface area contributed by atoms with Gasteiger partial charge in [-0.3, -0.25) is 4.79 Å². The third kappa shape index (κ3) is 4.37. The predicted octanol–water partition coefficient (Wildman–Crippen LogP) is 1.70. The average molecular weight is 250 g/mol. The van der Waals surface area contributed by atoms with Gasteiger partial charge in [0.2, 0.25) is 5.91 Å². The smallest absolute Gasteiger partial charge is 0.237 e. The summed E-state index contributed by atoms with van der Waals surface area (Å²) in [7, 11) is 0. The number of hydrogen-bond acceptors (Lipinski definition) is 3. The molecule has 1 aromatic rings. The summed E-state index contributed by atoms with van der Waals surface area (Å²) < 4.78 is 5.58. The summed E-state index contributed by atoms with van der Waals surface area (Å²) in [6.45, 7) is 5.10. The molecule has 0 aliphatic carbocycles. The zero-order valence-corrected chi connectivity index (χ0v) is 11.1. The zero-order valence-electron chi connectivity index (χ0n) is 11.1. The first-order valence-electron chi connectivity index (χ1n) is 6.31. The van der Waals surface area contributed by atoms with E-state index >= 15 is 0 Å². The lowest BCUT2D eigenvalue weighted by atomic mass is 9.97. The largest absolute Gasteiger partial charge is 0.494 e. The number of hydrogen-bond donors (Lipinski definition) is 2. The van der Waals surface area contributed by atoms with Crippen LogP contribution in [0.3, 0.4) is 0 Å². The van der Waals surface area contributed by atoms with Crippen LogP contribution in [0.25, 0.3) is 0 Å². The molecule has 0 heterocycles. The van der Waals surface area contributed by atoms with Crippen molar-refractivity contribution in [1.29, 1.82) is 0 Å². The van der Waals surface area contributed by atoms with Crippen molar-refractivity contribution >= 4 is 5.91 Å². The van der Waals surface area contributed by atoms with Crippen LogP contribution in [0.5, 0.6) is 5.75 Å². The van der Waals surface area contributed by atoms with E-state index in [1.54, 1.807) is 0 Å². The van der Waals surface area contributed by atoms with Crippen molar-refractivity contribution in [2.24, 2.45) is 5.73 Å². The highest BCUT2D eigenvalue weighted by Gasteiger charge is 2.29. The van der Waals surface area contributed by atoms with Gasteiger partial charge in [0.1, 0.15) is 5.75 Å².